The number of ether oxygens (including phenoxy) is 3. The van der Waals surface area contributed by atoms with Crippen molar-refractivity contribution in [3.63, 3.8) is 0 Å². The predicted octanol–water partition coefficient (Wildman–Crippen LogP) is 11.4. The first kappa shape index (κ1) is 53.1. The zero-order valence-electron chi connectivity index (χ0n) is 36.9. The van der Waals surface area contributed by atoms with Crippen molar-refractivity contribution >= 4 is 17.9 Å². The van der Waals surface area contributed by atoms with Crippen molar-refractivity contribution in [3.05, 3.63) is 12.2 Å². The highest BCUT2D eigenvalue weighted by molar-refractivity contribution is 5.70. The number of esters is 2. The van der Waals surface area contributed by atoms with Crippen LogP contribution in [-0.4, -0.2) is 75.5 Å². The molecule has 0 aromatic rings. The van der Waals surface area contributed by atoms with Crippen LogP contribution in [0.1, 0.15) is 219 Å². The highest BCUT2D eigenvalue weighted by atomic mass is 16.6. The van der Waals surface area contributed by atoms with Gasteiger partial charge < -0.3 is 28.6 Å². The van der Waals surface area contributed by atoms with Gasteiger partial charge in [-0.05, 0) is 32.1 Å². The van der Waals surface area contributed by atoms with Crippen molar-refractivity contribution in [1.29, 1.82) is 0 Å². The molecule has 0 saturated heterocycles. The Labute approximate surface area is 339 Å². The Morgan fingerprint density at radius 1 is 0.527 bits per heavy atom. The number of carboxylic acid groups (broad SMARTS) is 1. The number of aliphatic carboxylic acids is 1. The number of carbonyl (C=O) groups is 3. The fourth-order valence-electron chi connectivity index (χ4n) is 7.02. The predicted molar refractivity (Wildman–Crippen MR) is 227 cm³/mol. The Kier molecular flexibility index (Phi) is 37.6. The second kappa shape index (κ2) is 38.9. The Morgan fingerprint density at radius 3 is 1.36 bits per heavy atom. The molecule has 0 aliphatic heterocycles. The molecular formula is C47H89NO7. The van der Waals surface area contributed by atoms with Gasteiger partial charge in [0.25, 0.3) is 0 Å². The van der Waals surface area contributed by atoms with Gasteiger partial charge >= 0.3 is 11.9 Å². The molecule has 0 bridgehead atoms. The van der Waals surface area contributed by atoms with Crippen LogP contribution in [-0.2, 0) is 28.6 Å². The minimum atomic E-state index is -1.13. The van der Waals surface area contributed by atoms with Gasteiger partial charge in [-0.3, -0.25) is 9.59 Å². The van der Waals surface area contributed by atoms with Gasteiger partial charge in [0.1, 0.15) is 12.6 Å². The summed E-state index contributed by atoms with van der Waals surface area (Å²) in [4.78, 5) is 36.7. The molecule has 2 atom stereocenters. The van der Waals surface area contributed by atoms with Gasteiger partial charge in [-0.15, -0.1) is 0 Å². The lowest BCUT2D eigenvalue weighted by Gasteiger charge is -2.34. The standard InChI is InChI=1S/C47H89NO7/c1-6-8-10-12-14-16-17-18-19-20-21-22-23-24-25-26-27-28-30-32-34-36-38-46(50)55-43(41-53-40-39-44(47(51)52)48(3,4)5)42-54-45(49)37-35-33-31-29-15-13-11-9-7-2/h29,31,43-44H,6-28,30,32-42H2,1-5H3/b31-29+. The molecule has 0 amide bonds. The van der Waals surface area contributed by atoms with E-state index in [4.69, 9.17) is 14.2 Å². The van der Waals surface area contributed by atoms with Gasteiger partial charge in [0.15, 0.2) is 6.10 Å². The largest absolute Gasteiger partial charge is 0.544 e. The molecule has 0 N–H and O–H groups in total. The highest BCUT2D eigenvalue weighted by Gasteiger charge is 2.25. The number of hydrogen-bond acceptors (Lipinski definition) is 7. The number of quaternary nitrogens is 1. The van der Waals surface area contributed by atoms with E-state index in [9.17, 15) is 19.5 Å². The molecule has 55 heavy (non-hydrogen) atoms. The number of unbranched alkanes of at least 4 members (excludes halogenated alkanes) is 26. The van der Waals surface area contributed by atoms with Gasteiger partial charge in [-0.25, -0.2) is 0 Å². The minimum Gasteiger partial charge on any atom is -0.544 e. The molecule has 0 aliphatic carbocycles. The van der Waals surface area contributed by atoms with Crippen LogP contribution in [0.2, 0.25) is 0 Å². The van der Waals surface area contributed by atoms with E-state index in [2.05, 4.69) is 26.0 Å². The van der Waals surface area contributed by atoms with Crippen molar-refractivity contribution in [2.75, 3.05) is 41.0 Å². The van der Waals surface area contributed by atoms with E-state index < -0.39 is 18.1 Å². The van der Waals surface area contributed by atoms with Crippen LogP contribution in [0.5, 0.6) is 0 Å². The van der Waals surface area contributed by atoms with Gasteiger partial charge in [-0.2, -0.15) is 0 Å². The fourth-order valence-corrected chi connectivity index (χ4v) is 7.02. The van der Waals surface area contributed by atoms with E-state index in [0.717, 1.165) is 32.1 Å². The van der Waals surface area contributed by atoms with E-state index in [1.54, 1.807) is 21.1 Å². The highest BCUT2D eigenvalue weighted by Crippen LogP contribution is 2.16. The summed E-state index contributed by atoms with van der Waals surface area (Å²) in [6.45, 7) is 4.62. The van der Waals surface area contributed by atoms with E-state index in [1.165, 1.54) is 148 Å². The lowest BCUT2D eigenvalue weighted by atomic mass is 10.0. The molecule has 0 radical (unpaired) electrons. The monoisotopic (exact) mass is 780 g/mol. The van der Waals surface area contributed by atoms with Crippen LogP contribution < -0.4 is 5.11 Å². The molecule has 8 nitrogen and oxygen atoms in total. The Hall–Kier alpha value is -1.93. The van der Waals surface area contributed by atoms with Crippen LogP contribution >= 0.6 is 0 Å². The molecule has 0 heterocycles. The zero-order valence-corrected chi connectivity index (χ0v) is 36.9. The van der Waals surface area contributed by atoms with E-state index in [-0.39, 0.29) is 42.7 Å². The third-order valence-corrected chi connectivity index (χ3v) is 10.7. The molecule has 0 fully saturated rings. The van der Waals surface area contributed by atoms with Gasteiger partial charge in [0, 0.05) is 19.3 Å². The number of carbonyl (C=O) groups excluding carboxylic acids is 3. The molecule has 8 heteroatoms. The molecule has 0 spiro atoms. The third kappa shape index (κ3) is 37.4. The number of hydrogen-bond donors (Lipinski definition) is 0. The molecule has 2 unspecified atom stereocenters. The summed E-state index contributed by atoms with van der Waals surface area (Å²) in [7, 11) is 5.40. The van der Waals surface area contributed by atoms with Crippen LogP contribution in [0.15, 0.2) is 12.2 Å². The summed E-state index contributed by atoms with van der Waals surface area (Å²) < 4.78 is 17.1. The van der Waals surface area contributed by atoms with Gasteiger partial charge in [0.2, 0.25) is 0 Å². The summed E-state index contributed by atoms with van der Waals surface area (Å²) in [5.74, 6) is -1.76. The van der Waals surface area contributed by atoms with Crippen molar-refractivity contribution in [1.82, 2.24) is 0 Å². The summed E-state index contributed by atoms with van der Waals surface area (Å²) in [5, 5.41) is 11.6. The van der Waals surface area contributed by atoms with E-state index in [1.807, 2.05) is 0 Å². The fraction of sp³-hybridized carbons (Fsp3) is 0.894. The quantitative estimate of drug-likeness (QED) is 0.0263. The maximum atomic E-state index is 12.7. The number of allylic oxidation sites excluding steroid dienone is 2. The summed E-state index contributed by atoms with van der Waals surface area (Å²) in [5.41, 5.74) is 0. The first-order valence-corrected chi connectivity index (χ1v) is 23.2. The van der Waals surface area contributed by atoms with Gasteiger partial charge in [-0.1, -0.05) is 180 Å². The van der Waals surface area contributed by atoms with Crippen molar-refractivity contribution in [2.45, 2.75) is 231 Å². The lowest BCUT2D eigenvalue weighted by molar-refractivity contribution is -0.889. The third-order valence-electron chi connectivity index (χ3n) is 10.7. The van der Waals surface area contributed by atoms with Crippen LogP contribution in [0.4, 0.5) is 0 Å². The molecule has 0 rings (SSSR count). The first-order valence-electron chi connectivity index (χ1n) is 23.2. The topological polar surface area (TPSA) is 102 Å². The smallest absolute Gasteiger partial charge is 0.306 e. The van der Waals surface area contributed by atoms with Crippen molar-refractivity contribution in [2.24, 2.45) is 0 Å². The maximum Gasteiger partial charge on any atom is 0.306 e. The zero-order chi connectivity index (χ0) is 40.7. The Balaban J connectivity index is 4.16. The molecule has 324 valence electrons. The normalized spacial score (nSPS) is 13.0. The average Bonchev–Trinajstić information content (AvgIpc) is 3.14. The molecule has 0 aromatic heterocycles. The average molecular weight is 780 g/mol. The summed E-state index contributed by atoms with van der Waals surface area (Å²) in [6.07, 6.45) is 41.2. The van der Waals surface area contributed by atoms with Crippen LogP contribution in [0, 0.1) is 0 Å². The van der Waals surface area contributed by atoms with Crippen LogP contribution in [0.25, 0.3) is 0 Å². The van der Waals surface area contributed by atoms with Crippen LogP contribution in [0.3, 0.4) is 0 Å². The number of likely N-dealkylation sites (N-methyl/N-ethyl adjacent to an activating group) is 1. The molecular weight excluding hydrogens is 691 g/mol. The summed E-state index contributed by atoms with van der Waals surface area (Å²) in [6, 6.07) is -0.724. The molecule has 0 saturated carbocycles. The number of rotatable bonds is 42. The minimum absolute atomic E-state index is 0.0378. The second-order valence-electron chi connectivity index (χ2n) is 17.0. The number of nitrogens with zero attached hydrogens (tertiary/aromatic N) is 1. The van der Waals surface area contributed by atoms with Gasteiger partial charge in [0.05, 0.1) is 40.3 Å². The maximum absolute atomic E-state index is 12.7. The molecule has 0 aromatic carbocycles. The van der Waals surface area contributed by atoms with E-state index in [0.29, 0.717) is 19.3 Å². The van der Waals surface area contributed by atoms with E-state index >= 15 is 0 Å². The Morgan fingerprint density at radius 2 is 0.927 bits per heavy atom. The second-order valence-corrected chi connectivity index (χ2v) is 17.0. The lowest BCUT2D eigenvalue weighted by Crippen LogP contribution is -2.55. The Bertz CT molecular complexity index is 915. The van der Waals surface area contributed by atoms with Crippen molar-refractivity contribution in [3.8, 4) is 0 Å². The SMILES string of the molecule is CCCCCC/C=C/CCCC(=O)OCC(COCCC(C(=O)[O-])[N+](C)(C)C)OC(=O)CCCCCCCCCCCCCCCCCCCCCCCC. The molecule has 0 aliphatic rings. The van der Waals surface area contributed by atoms with Crippen molar-refractivity contribution < 1.29 is 38.2 Å². The number of carboxylic acids is 1. The first-order chi connectivity index (χ1) is 26.6. The summed E-state index contributed by atoms with van der Waals surface area (Å²) >= 11 is 0.